The maximum atomic E-state index is 10.1. The van der Waals surface area contributed by atoms with Crippen LogP contribution >= 0.6 is 0 Å². The van der Waals surface area contributed by atoms with E-state index in [1.807, 2.05) is 133 Å². The third-order valence-electron chi connectivity index (χ3n) is 8.73. The number of nitrogens with zero attached hydrogens (tertiary/aromatic N) is 4. The normalized spacial score (nSPS) is 11.3. The lowest BCUT2D eigenvalue weighted by atomic mass is 9.98. The number of hydrogen-bond acceptors (Lipinski definition) is 4. The average molecular weight is 667 g/mol. The summed E-state index contributed by atoms with van der Waals surface area (Å²) < 4.78 is 0. The lowest BCUT2D eigenvalue weighted by Gasteiger charge is -2.25. The van der Waals surface area contributed by atoms with Gasteiger partial charge in [-0.3, -0.25) is 0 Å². The Morgan fingerprint density at radius 2 is 0.577 bits per heavy atom. The maximum absolute atomic E-state index is 10.1. The zero-order valence-electron chi connectivity index (χ0n) is 28.4. The Labute approximate surface area is 305 Å². The first kappa shape index (κ1) is 33.1. The highest BCUT2D eigenvalue weighted by atomic mass is 15.1. The van der Waals surface area contributed by atoms with Crippen molar-refractivity contribution in [3.8, 4) is 12.1 Å². The summed E-state index contributed by atoms with van der Waals surface area (Å²) in [5.74, 6) is 0. The lowest BCUT2D eigenvalue weighted by molar-refractivity contribution is 1.28. The van der Waals surface area contributed by atoms with Crippen LogP contribution in [0.2, 0.25) is 0 Å². The second-order valence-electron chi connectivity index (χ2n) is 12.1. The molecule has 0 radical (unpaired) electrons. The van der Waals surface area contributed by atoms with Gasteiger partial charge in [0, 0.05) is 34.1 Å². The van der Waals surface area contributed by atoms with E-state index in [1.165, 1.54) is 0 Å². The highest BCUT2D eigenvalue weighted by Crippen LogP contribution is 2.36. The van der Waals surface area contributed by atoms with Gasteiger partial charge in [-0.25, -0.2) is 0 Å². The van der Waals surface area contributed by atoms with Gasteiger partial charge in [-0.15, -0.1) is 0 Å². The standard InChI is InChI=1S/C48H34N4/c49-35-41(33-37-21-29-47(30-22-37)51(43-13-5-1-6-14-43)44-15-7-2-8-16-44)39-25-27-40(28-26-39)42(36-50)34-38-23-31-48(32-24-38)52(45-17-9-3-10-18-45)46-19-11-4-12-20-46/h1-34H/b41-33+,42-34+. The molecule has 0 N–H and O–H groups in total. The Hall–Kier alpha value is -7.40. The van der Waals surface area contributed by atoms with Crippen molar-refractivity contribution in [1.82, 2.24) is 0 Å². The summed E-state index contributed by atoms with van der Waals surface area (Å²) in [5, 5.41) is 20.2. The molecule has 7 rings (SSSR count). The number of rotatable bonds is 10. The van der Waals surface area contributed by atoms with Crippen molar-refractivity contribution in [2.24, 2.45) is 0 Å². The number of benzene rings is 7. The van der Waals surface area contributed by atoms with Gasteiger partial charge in [-0.2, -0.15) is 10.5 Å². The minimum atomic E-state index is 0.543. The first-order valence-corrected chi connectivity index (χ1v) is 17.1. The summed E-state index contributed by atoms with van der Waals surface area (Å²) >= 11 is 0. The van der Waals surface area contributed by atoms with E-state index in [-0.39, 0.29) is 0 Å². The van der Waals surface area contributed by atoms with Crippen molar-refractivity contribution in [2.45, 2.75) is 0 Å². The van der Waals surface area contributed by atoms with Crippen molar-refractivity contribution < 1.29 is 0 Å². The topological polar surface area (TPSA) is 54.1 Å². The minimum absolute atomic E-state index is 0.543. The van der Waals surface area contributed by atoms with Gasteiger partial charge in [0.05, 0.1) is 23.3 Å². The van der Waals surface area contributed by atoms with Crippen LogP contribution in [0.1, 0.15) is 22.3 Å². The summed E-state index contributed by atoms with van der Waals surface area (Å²) in [5.41, 5.74) is 10.8. The van der Waals surface area contributed by atoms with Crippen LogP contribution in [0.4, 0.5) is 34.1 Å². The molecule has 0 aliphatic rings. The molecule has 0 aliphatic heterocycles. The van der Waals surface area contributed by atoms with E-state index in [0.29, 0.717) is 11.1 Å². The Morgan fingerprint density at radius 1 is 0.327 bits per heavy atom. The highest BCUT2D eigenvalue weighted by molar-refractivity contribution is 5.93. The van der Waals surface area contributed by atoms with Crippen LogP contribution in [0.15, 0.2) is 194 Å². The maximum Gasteiger partial charge on any atom is 0.0998 e. The SMILES string of the molecule is N#C/C(=C\c1ccc(N(c2ccccc2)c2ccccc2)cc1)c1ccc(/C(C#N)=C/c2ccc(N(c3ccccc3)c3ccccc3)cc2)cc1. The summed E-state index contributed by atoms with van der Waals surface area (Å²) in [6.07, 6.45) is 3.79. The summed E-state index contributed by atoms with van der Waals surface area (Å²) in [6, 6.07) is 69.8. The molecule has 0 saturated heterocycles. The molecule has 4 heteroatoms. The van der Waals surface area contributed by atoms with Crippen molar-refractivity contribution in [1.29, 1.82) is 10.5 Å². The smallest absolute Gasteiger partial charge is 0.0998 e. The van der Waals surface area contributed by atoms with Crippen molar-refractivity contribution in [2.75, 3.05) is 9.80 Å². The van der Waals surface area contributed by atoms with Crippen molar-refractivity contribution >= 4 is 57.4 Å². The second-order valence-corrected chi connectivity index (χ2v) is 12.1. The molecule has 7 aromatic carbocycles. The third kappa shape index (κ3) is 7.58. The third-order valence-corrected chi connectivity index (χ3v) is 8.73. The molecule has 0 fully saturated rings. The fourth-order valence-corrected chi connectivity index (χ4v) is 6.16. The number of nitriles is 2. The quantitative estimate of drug-likeness (QED) is 0.108. The summed E-state index contributed by atoms with van der Waals surface area (Å²) in [4.78, 5) is 4.41. The summed E-state index contributed by atoms with van der Waals surface area (Å²) in [6.45, 7) is 0. The minimum Gasteiger partial charge on any atom is -0.311 e. The number of anilines is 6. The molecule has 0 atom stereocenters. The van der Waals surface area contributed by atoms with Crippen LogP contribution < -0.4 is 9.80 Å². The number of hydrogen-bond donors (Lipinski definition) is 0. The second kappa shape index (κ2) is 15.9. The first-order chi connectivity index (χ1) is 25.7. The molecular weight excluding hydrogens is 633 g/mol. The molecule has 4 nitrogen and oxygen atoms in total. The van der Waals surface area contributed by atoms with Crippen LogP contribution in [0.25, 0.3) is 23.3 Å². The monoisotopic (exact) mass is 666 g/mol. The largest absolute Gasteiger partial charge is 0.311 e. The van der Waals surface area contributed by atoms with E-state index in [0.717, 1.165) is 56.4 Å². The van der Waals surface area contributed by atoms with Gasteiger partial charge in [0.1, 0.15) is 0 Å². The zero-order chi connectivity index (χ0) is 35.5. The number of para-hydroxylation sites is 4. The predicted octanol–water partition coefficient (Wildman–Crippen LogP) is 12.8. The molecule has 246 valence electrons. The van der Waals surface area contributed by atoms with Gasteiger partial charge < -0.3 is 9.80 Å². The van der Waals surface area contributed by atoms with Gasteiger partial charge in [0.25, 0.3) is 0 Å². The zero-order valence-corrected chi connectivity index (χ0v) is 28.4. The van der Waals surface area contributed by atoms with E-state index in [1.54, 1.807) is 0 Å². The van der Waals surface area contributed by atoms with E-state index in [4.69, 9.17) is 0 Å². The van der Waals surface area contributed by atoms with Gasteiger partial charge in [-0.05, 0) is 107 Å². The Morgan fingerprint density at radius 3 is 0.827 bits per heavy atom. The Kier molecular flexibility index (Phi) is 10.1. The van der Waals surface area contributed by atoms with Gasteiger partial charge in [0.2, 0.25) is 0 Å². The van der Waals surface area contributed by atoms with E-state index < -0.39 is 0 Å². The van der Waals surface area contributed by atoms with Crippen molar-refractivity contribution in [3.05, 3.63) is 216 Å². The molecule has 0 aliphatic carbocycles. The van der Waals surface area contributed by atoms with Crippen LogP contribution in [-0.4, -0.2) is 0 Å². The highest BCUT2D eigenvalue weighted by Gasteiger charge is 2.13. The molecule has 0 saturated carbocycles. The molecular formula is C48H34N4. The average Bonchev–Trinajstić information content (AvgIpc) is 3.22. The first-order valence-electron chi connectivity index (χ1n) is 17.1. The van der Waals surface area contributed by atoms with Gasteiger partial charge in [-0.1, -0.05) is 121 Å². The van der Waals surface area contributed by atoms with E-state index >= 15 is 0 Å². The van der Waals surface area contributed by atoms with E-state index in [9.17, 15) is 10.5 Å². The van der Waals surface area contributed by atoms with Crippen LogP contribution in [0, 0.1) is 22.7 Å². The molecule has 0 heterocycles. The molecule has 7 aromatic rings. The van der Waals surface area contributed by atoms with Crippen molar-refractivity contribution in [3.63, 3.8) is 0 Å². The molecule has 0 spiro atoms. The van der Waals surface area contributed by atoms with Crippen LogP contribution in [-0.2, 0) is 0 Å². The van der Waals surface area contributed by atoms with Crippen LogP contribution in [0.5, 0.6) is 0 Å². The fraction of sp³-hybridized carbons (Fsp3) is 0. The Bertz CT molecular complexity index is 2120. The predicted molar refractivity (Wildman–Crippen MR) is 216 cm³/mol. The summed E-state index contributed by atoms with van der Waals surface area (Å²) in [7, 11) is 0. The molecule has 0 aromatic heterocycles. The molecule has 0 unspecified atom stereocenters. The molecule has 0 amide bonds. The van der Waals surface area contributed by atoms with Gasteiger partial charge in [0.15, 0.2) is 0 Å². The fourth-order valence-electron chi connectivity index (χ4n) is 6.16. The number of allylic oxidation sites excluding steroid dienone is 2. The van der Waals surface area contributed by atoms with Crippen LogP contribution in [0.3, 0.4) is 0 Å². The molecule has 0 bridgehead atoms. The molecule has 52 heavy (non-hydrogen) atoms. The lowest BCUT2D eigenvalue weighted by Crippen LogP contribution is -2.09. The van der Waals surface area contributed by atoms with E-state index in [2.05, 4.69) is 94.7 Å². The van der Waals surface area contributed by atoms with Gasteiger partial charge >= 0.3 is 0 Å². The Balaban J connectivity index is 1.10.